The van der Waals surface area contributed by atoms with E-state index in [4.69, 9.17) is 11.6 Å². The molecule has 3 amide bonds. The molecule has 0 bridgehead atoms. The van der Waals surface area contributed by atoms with Crippen LogP contribution in [0, 0.1) is 13.8 Å². The van der Waals surface area contributed by atoms with Crippen LogP contribution in [0.1, 0.15) is 29.4 Å². The summed E-state index contributed by atoms with van der Waals surface area (Å²) < 4.78 is 2.17. The number of rotatable bonds is 4. The van der Waals surface area contributed by atoms with Gasteiger partial charge in [0.1, 0.15) is 5.70 Å². The van der Waals surface area contributed by atoms with E-state index in [1.54, 1.807) is 30.3 Å². The summed E-state index contributed by atoms with van der Waals surface area (Å²) in [7, 11) is 0. The average molecular weight is 358 g/mol. The zero-order chi connectivity index (χ0) is 18.1. The first-order valence-corrected chi connectivity index (χ1v) is 8.54. The Labute approximate surface area is 151 Å². The van der Waals surface area contributed by atoms with Gasteiger partial charge in [-0.25, -0.2) is 4.79 Å². The summed E-state index contributed by atoms with van der Waals surface area (Å²) >= 11 is 5.87. The maximum atomic E-state index is 12.6. The first kappa shape index (κ1) is 17.3. The standard InChI is InChI=1S/C19H20ClN3O2/c1-4-22-12(2)9-15(13(22)3)10-17-18(24)23(19(25)21-17)11-14-5-7-16(20)8-6-14/h5-10H,4,11H2,1-3H3,(H,21,25)/b17-10-. The summed E-state index contributed by atoms with van der Waals surface area (Å²) in [6, 6.07) is 8.71. The Bertz CT molecular complexity index is 866. The molecule has 2 aromatic rings. The number of aromatic nitrogens is 1. The molecular formula is C19H20ClN3O2. The Morgan fingerprint density at radius 1 is 1.16 bits per heavy atom. The zero-order valence-corrected chi connectivity index (χ0v) is 15.2. The summed E-state index contributed by atoms with van der Waals surface area (Å²) in [6.07, 6.45) is 1.75. The molecule has 3 rings (SSSR count). The molecule has 0 radical (unpaired) electrons. The molecule has 0 spiro atoms. The lowest BCUT2D eigenvalue weighted by atomic mass is 10.2. The fraction of sp³-hybridized carbons (Fsp3) is 0.263. The third-order valence-electron chi connectivity index (χ3n) is 4.45. The number of hydrogen-bond donors (Lipinski definition) is 1. The third-order valence-corrected chi connectivity index (χ3v) is 4.70. The molecular weight excluding hydrogens is 338 g/mol. The summed E-state index contributed by atoms with van der Waals surface area (Å²) in [4.78, 5) is 26.0. The molecule has 130 valence electrons. The molecule has 1 saturated heterocycles. The van der Waals surface area contributed by atoms with Crippen LogP contribution in [-0.2, 0) is 17.9 Å². The van der Waals surface area contributed by atoms with E-state index >= 15 is 0 Å². The molecule has 1 aromatic heterocycles. The van der Waals surface area contributed by atoms with Crippen molar-refractivity contribution in [2.45, 2.75) is 33.9 Å². The van der Waals surface area contributed by atoms with Gasteiger partial charge >= 0.3 is 6.03 Å². The van der Waals surface area contributed by atoms with Gasteiger partial charge in [-0.1, -0.05) is 23.7 Å². The van der Waals surface area contributed by atoms with Crippen LogP contribution in [0.4, 0.5) is 4.79 Å². The minimum atomic E-state index is -0.407. The number of nitrogens with one attached hydrogen (secondary N) is 1. The lowest BCUT2D eigenvalue weighted by Crippen LogP contribution is -2.30. The Kier molecular flexibility index (Phi) is 4.68. The molecule has 2 heterocycles. The lowest BCUT2D eigenvalue weighted by molar-refractivity contribution is -0.123. The normalized spacial score (nSPS) is 16.0. The fourth-order valence-corrected chi connectivity index (χ4v) is 3.23. The van der Waals surface area contributed by atoms with E-state index in [0.717, 1.165) is 29.1 Å². The van der Waals surface area contributed by atoms with Crippen molar-refractivity contribution >= 4 is 29.6 Å². The number of halogens is 1. The van der Waals surface area contributed by atoms with Gasteiger partial charge in [0.2, 0.25) is 0 Å². The van der Waals surface area contributed by atoms with Crippen LogP contribution in [0.2, 0.25) is 5.02 Å². The molecule has 5 nitrogen and oxygen atoms in total. The van der Waals surface area contributed by atoms with Crippen LogP contribution in [0.5, 0.6) is 0 Å². The van der Waals surface area contributed by atoms with Crippen molar-refractivity contribution in [3.05, 3.63) is 63.6 Å². The maximum Gasteiger partial charge on any atom is 0.329 e. The molecule has 1 fully saturated rings. The summed E-state index contributed by atoms with van der Waals surface area (Å²) in [6.45, 7) is 7.19. The summed E-state index contributed by atoms with van der Waals surface area (Å²) in [5.41, 5.74) is 4.29. The summed E-state index contributed by atoms with van der Waals surface area (Å²) in [5, 5.41) is 3.29. The van der Waals surface area contributed by atoms with Gasteiger partial charge in [-0.15, -0.1) is 0 Å². The molecule has 0 saturated carbocycles. The minimum absolute atomic E-state index is 0.215. The van der Waals surface area contributed by atoms with Crippen LogP contribution in [0.3, 0.4) is 0 Å². The minimum Gasteiger partial charge on any atom is -0.349 e. The van der Waals surface area contributed by atoms with Crippen LogP contribution in [0.25, 0.3) is 6.08 Å². The number of benzene rings is 1. The highest BCUT2D eigenvalue weighted by Crippen LogP contribution is 2.21. The van der Waals surface area contributed by atoms with Crippen LogP contribution >= 0.6 is 11.6 Å². The topological polar surface area (TPSA) is 54.3 Å². The number of carbonyl (C=O) groups is 2. The third kappa shape index (κ3) is 3.33. The monoisotopic (exact) mass is 357 g/mol. The van der Waals surface area contributed by atoms with Crippen molar-refractivity contribution in [3.63, 3.8) is 0 Å². The first-order valence-electron chi connectivity index (χ1n) is 8.16. The lowest BCUT2D eigenvalue weighted by Gasteiger charge is -2.11. The van der Waals surface area contributed by atoms with Gasteiger partial charge in [0.15, 0.2) is 0 Å². The number of hydrogen-bond acceptors (Lipinski definition) is 2. The highest BCUT2D eigenvalue weighted by Gasteiger charge is 2.33. The molecule has 1 aromatic carbocycles. The fourth-order valence-electron chi connectivity index (χ4n) is 3.10. The Morgan fingerprint density at radius 2 is 1.84 bits per heavy atom. The van der Waals surface area contributed by atoms with Gasteiger partial charge in [0.05, 0.1) is 6.54 Å². The molecule has 1 N–H and O–H groups in total. The molecule has 1 aliphatic heterocycles. The van der Waals surface area contributed by atoms with Crippen molar-refractivity contribution in [2.75, 3.05) is 0 Å². The number of carbonyl (C=O) groups excluding carboxylic acids is 2. The number of urea groups is 1. The molecule has 0 atom stereocenters. The largest absolute Gasteiger partial charge is 0.349 e. The van der Waals surface area contributed by atoms with Crippen molar-refractivity contribution in [2.24, 2.45) is 0 Å². The average Bonchev–Trinajstić information content (AvgIpc) is 2.99. The van der Waals surface area contributed by atoms with Crippen LogP contribution in [-0.4, -0.2) is 21.4 Å². The van der Waals surface area contributed by atoms with E-state index in [1.165, 1.54) is 4.90 Å². The van der Waals surface area contributed by atoms with E-state index in [0.29, 0.717) is 10.7 Å². The van der Waals surface area contributed by atoms with Gasteiger partial charge < -0.3 is 9.88 Å². The van der Waals surface area contributed by atoms with Crippen molar-refractivity contribution in [1.82, 2.24) is 14.8 Å². The second-order valence-electron chi connectivity index (χ2n) is 6.08. The van der Waals surface area contributed by atoms with E-state index < -0.39 is 6.03 Å². The quantitative estimate of drug-likeness (QED) is 0.667. The first-order chi connectivity index (χ1) is 11.9. The van der Waals surface area contributed by atoms with E-state index in [9.17, 15) is 9.59 Å². The Morgan fingerprint density at radius 3 is 2.44 bits per heavy atom. The number of nitrogens with zero attached hydrogens (tertiary/aromatic N) is 2. The number of amides is 3. The highest BCUT2D eigenvalue weighted by atomic mass is 35.5. The second-order valence-corrected chi connectivity index (χ2v) is 6.51. The van der Waals surface area contributed by atoms with E-state index in [1.807, 2.05) is 19.9 Å². The zero-order valence-electron chi connectivity index (χ0n) is 14.5. The predicted molar refractivity (Wildman–Crippen MR) is 98.1 cm³/mol. The van der Waals surface area contributed by atoms with Crippen LogP contribution in [0.15, 0.2) is 36.0 Å². The van der Waals surface area contributed by atoms with Crippen molar-refractivity contribution in [3.8, 4) is 0 Å². The van der Waals surface area contributed by atoms with E-state index in [2.05, 4.69) is 16.8 Å². The van der Waals surface area contributed by atoms with Crippen molar-refractivity contribution < 1.29 is 9.59 Å². The number of imide groups is 1. The second kappa shape index (κ2) is 6.76. The van der Waals surface area contributed by atoms with Crippen molar-refractivity contribution in [1.29, 1.82) is 0 Å². The Hall–Kier alpha value is -2.53. The predicted octanol–water partition coefficient (Wildman–Crippen LogP) is 3.87. The van der Waals surface area contributed by atoms with E-state index in [-0.39, 0.29) is 12.5 Å². The smallest absolute Gasteiger partial charge is 0.329 e. The summed E-state index contributed by atoms with van der Waals surface area (Å²) in [5.74, 6) is -0.318. The maximum absolute atomic E-state index is 12.6. The molecule has 25 heavy (non-hydrogen) atoms. The molecule has 6 heteroatoms. The SMILES string of the molecule is CCn1c(C)cc(/C=C2\NC(=O)N(Cc3ccc(Cl)cc3)C2=O)c1C. The van der Waals surface area contributed by atoms with Gasteiger partial charge in [-0.05, 0) is 56.2 Å². The van der Waals surface area contributed by atoms with Crippen LogP contribution < -0.4 is 5.32 Å². The van der Waals surface area contributed by atoms with Gasteiger partial charge in [0.25, 0.3) is 5.91 Å². The molecule has 0 unspecified atom stereocenters. The van der Waals surface area contributed by atoms with Gasteiger partial charge in [0, 0.05) is 23.0 Å². The molecule has 1 aliphatic rings. The Balaban J connectivity index is 1.84. The number of aryl methyl sites for hydroxylation is 1. The molecule has 0 aliphatic carbocycles. The highest BCUT2D eigenvalue weighted by molar-refractivity contribution is 6.30. The van der Waals surface area contributed by atoms with Gasteiger partial charge in [-0.2, -0.15) is 0 Å². The van der Waals surface area contributed by atoms with Gasteiger partial charge in [-0.3, -0.25) is 9.69 Å².